The number of para-hydroxylation sites is 1. The van der Waals surface area contributed by atoms with E-state index in [1.165, 1.54) is 6.07 Å². The molecule has 1 aliphatic heterocycles. The number of hydrogen-bond acceptors (Lipinski definition) is 4. The second-order valence-electron chi connectivity index (χ2n) is 7.40. The molecule has 164 valence electrons. The number of anilines is 1. The van der Waals surface area contributed by atoms with Gasteiger partial charge >= 0.3 is 0 Å². The van der Waals surface area contributed by atoms with Crippen molar-refractivity contribution < 1.29 is 13.9 Å². The van der Waals surface area contributed by atoms with Gasteiger partial charge in [0.15, 0.2) is 5.96 Å². The van der Waals surface area contributed by atoms with Crippen molar-refractivity contribution in [1.82, 2.24) is 10.6 Å². The van der Waals surface area contributed by atoms with Gasteiger partial charge in [-0.15, -0.1) is 0 Å². The van der Waals surface area contributed by atoms with E-state index >= 15 is 0 Å². The predicted octanol–water partition coefficient (Wildman–Crippen LogP) is 3.04. The minimum absolute atomic E-state index is 0.187. The number of guanidine groups is 1. The standard InChI is InChI=1S/C22H37FN4O2/c1-3-24-22(26-13-7-15-29-18-19-10-16-28-17-11-19)25-12-6-14-27(2)21-9-5-4-8-20(21)23/h4-5,8-9,19H,3,6-7,10-18H2,1-2H3,(H2,24,25,26). The summed E-state index contributed by atoms with van der Waals surface area (Å²) in [5.41, 5.74) is 0.627. The highest BCUT2D eigenvalue weighted by molar-refractivity contribution is 5.79. The summed E-state index contributed by atoms with van der Waals surface area (Å²) in [6.45, 7) is 8.49. The Balaban J connectivity index is 1.58. The third-order valence-electron chi connectivity index (χ3n) is 4.98. The highest BCUT2D eigenvalue weighted by Crippen LogP contribution is 2.17. The van der Waals surface area contributed by atoms with Gasteiger partial charge < -0.3 is 25.0 Å². The molecular formula is C22H37FN4O2. The van der Waals surface area contributed by atoms with Gasteiger partial charge in [0.2, 0.25) is 0 Å². The smallest absolute Gasteiger partial charge is 0.191 e. The van der Waals surface area contributed by atoms with E-state index in [0.29, 0.717) is 18.2 Å². The molecule has 1 aliphatic rings. The van der Waals surface area contributed by atoms with Gasteiger partial charge in [0.25, 0.3) is 0 Å². The Kier molecular flexibility index (Phi) is 11.4. The topological polar surface area (TPSA) is 58.1 Å². The van der Waals surface area contributed by atoms with Crippen molar-refractivity contribution in [3.63, 3.8) is 0 Å². The van der Waals surface area contributed by atoms with Gasteiger partial charge in [-0.05, 0) is 50.7 Å². The average molecular weight is 409 g/mol. The minimum atomic E-state index is -0.187. The lowest BCUT2D eigenvalue weighted by molar-refractivity contribution is 0.0203. The lowest BCUT2D eigenvalue weighted by Crippen LogP contribution is -2.38. The molecule has 29 heavy (non-hydrogen) atoms. The molecule has 0 aromatic heterocycles. The maximum atomic E-state index is 13.8. The van der Waals surface area contributed by atoms with Crippen LogP contribution in [0.25, 0.3) is 0 Å². The third-order valence-corrected chi connectivity index (χ3v) is 4.98. The molecule has 0 bridgehead atoms. The Labute approximate surface area is 174 Å². The van der Waals surface area contributed by atoms with E-state index in [1.807, 2.05) is 18.0 Å². The highest BCUT2D eigenvalue weighted by atomic mass is 19.1. The fraction of sp³-hybridized carbons (Fsp3) is 0.682. The average Bonchev–Trinajstić information content (AvgIpc) is 2.74. The van der Waals surface area contributed by atoms with Crippen LogP contribution in [0, 0.1) is 11.7 Å². The molecule has 1 saturated heterocycles. The number of nitrogens with zero attached hydrogens (tertiary/aromatic N) is 2. The van der Waals surface area contributed by atoms with Crippen molar-refractivity contribution in [2.75, 3.05) is 64.6 Å². The first-order chi connectivity index (χ1) is 14.2. The van der Waals surface area contributed by atoms with E-state index in [4.69, 9.17) is 9.47 Å². The monoisotopic (exact) mass is 408 g/mol. The van der Waals surface area contributed by atoms with Crippen molar-refractivity contribution in [2.24, 2.45) is 10.9 Å². The largest absolute Gasteiger partial charge is 0.381 e. The molecule has 0 aliphatic carbocycles. The second kappa shape index (κ2) is 14.2. The molecule has 7 heteroatoms. The lowest BCUT2D eigenvalue weighted by Gasteiger charge is -2.21. The quantitative estimate of drug-likeness (QED) is 0.316. The van der Waals surface area contributed by atoms with Gasteiger partial charge in [-0.25, -0.2) is 4.39 Å². The van der Waals surface area contributed by atoms with Crippen molar-refractivity contribution >= 4 is 11.6 Å². The summed E-state index contributed by atoms with van der Waals surface area (Å²) in [4.78, 5) is 6.54. The molecule has 0 saturated carbocycles. The van der Waals surface area contributed by atoms with Crippen LogP contribution in [0.1, 0.15) is 32.6 Å². The van der Waals surface area contributed by atoms with E-state index < -0.39 is 0 Å². The molecule has 1 fully saturated rings. The fourth-order valence-electron chi connectivity index (χ4n) is 3.27. The SMILES string of the molecule is CCNC(=NCCCN(C)c1ccccc1F)NCCCOCC1CCOCC1. The molecule has 0 atom stereocenters. The summed E-state index contributed by atoms with van der Waals surface area (Å²) in [6, 6.07) is 6.85. The molecule has 2 rings (SSSR count). The number of nitrogens with one attached hydrogen (secondary N) is 2. The molecule has 0 spiro atoms. The normalized spacial score (nSPS) is 15.3. The van der Waals surface area contributed by atoms with Crippen molar-refractivity contribution in [3.05, 3.63) is 30.1 Å². The first-order valence-electron chi connectivity index (χ1n) is 10.8. The highest BCUT2D eigenvalue weighted by Gasteiger charge is 2.13. The summed E-state index contributed by atoms with van der Waals surface area (Å²) in [5, 5.41) is 6.62. The molecule has 0 amide bonds. The molecule has 6 nitrogen and oxygen atoms in total. The number of ether oxygens (including phenoxy) is 2. The van der Waals surface area contributed by atoms with E-state index in [1.54, 1.807) is 12.1 Å². The molecule has 1 aromatic rings. The zero-order valence-corrected chi connectivity index (χ0v) is 18.0. The van der Waals surface area contributed by atoms with Crippen LogP contribution in [0.5, 0.6) is 0 Å². The summed E-state index contributed by atoms with van der Waals surface area (Å²) >= 11 is 0. The maximum Gasteiger partial charge on any atom is 0.191 e. The number of hydrogen-bond donors (Lipinski definition) is 2. The van der Waals surface area contributed by atoms with Gasteiger partial charge in [0.05, 0.1) is 5.69 Å². The molecule has 0 radical (unpaired) electrons. The van der Waals surface area contributed by atoms with Crippen LogP contribution in [0.4, 0.5) is 10.1 Å². The first kappa shape index (κ1) is 23.4. The lowest BCUT2D eigenvalue weighted by atomic mass is 10.0. The van der Waals surface area contributed by atoms with Gasteiger partial charge in [0.1, 0.15) is 5.82 Å². The molecule has 2 N–H and O–H groups in total. The van der Waals surface area contributed by atoms with E-state index in [-0.39, 0.29) is 5.82 Å². The number of rotatable bonds is 12. The Hall–Kier alpha value is -1.86. The van der Waals surface area contributed by atoms with E-state index in [2.05, 4.69) is 22.5 Å². The van der Waals surface area contributed by atoms with Crippen molar-refractivity contribution in [3.8, 4) is 0 Å². The predicted molar refractivity (Wildman–Crippen MR) is 117 cm³/mol. The fourth-order valence-corrected chi connectivity index (χ4v) is 3.27. The van der Waals surface area contributed by atoms with Crippen LogP contribution >= 0.6 is 0 Å². The Bertz CT molecular complexity index is 594. The molecule has 1 aromatic carbocycles. The van der Waals surface area contributed by atoms with Crippen LogP contribution in [-0.4, -0.2) is 65.6 Å². The number of benzene rings is 1. The van der Waals surface area contributed by atoms with Crippen LogP contribution in [0.15, 0.2) is 29.3 Å². The first-order valence-corrected chi connectivity index (χ1v) is 10.8. The van der Waals surface area contributed by atoms with Crippen LogP contribution in [0.2, 0.25) is 0 Å². The number of aliphatic imine (C=N–C) groups is 1. The zero-order valence-electron chi connectivity index (χ0n) is 18.0. The number of halogens is 1. The van der Waals surface area contributed by atoms with Crippen LogP contribution < -0.4 is 15.5 Å². The molecular weight excluding hydrogens is 371 g/mol. The van der Waals surface area contributed by atoms with Crippen LogP contribution in [0.3, 0.4) is 0 Å². The zero-order chi connectivity index (χ0) is 20.7. The van der Waals surface area contributed by atoms with Crippen LogP contribution in [-0.2, 0) is 9.47 Å². The maximum absolute atomic E-state index is 13.8. The third kappa shape index (κ3) is 9.45. The van der Waals surface area contributed by atoms with Gasteiger partial charge in [-0.1, -0.05) is 12.1 Å². The Morgan fingerprint density at radius 2 is 2.03 bits per heavy atom. The van der Waals surface area contributed by atoms with Gasteiger partial charge in [-0.3, -0.25) is 4.99 Å². The Morgan fingerprint density at radius 1 is 1.24 bits per heavy atom. The summed E-state index contributed by atoms with van der Waals surface area (Å²) in [6.07, 6.45) is 4.03. The van der Waals surface area contributed by atoms with Gasteiger partial charge in [-0.2, -0.15) is 0 Å². The van der Waals surface area contributed by atoms with E-state index in [0.717, 1.165) is 77.7 Å². The summed E-state index contributed by atoms with van der Waals surface area (Å²) in [5.74, 6) is 1.29. The summed E-state index contributed by atoms with van der Waals surface area (Å²) in [7, 11) is 1.91. The van der Waals surface area contributed by atoms with Crippen molar-refractivity contribution in [2.45, 2.75) is 32.6 Å². The molecule has 1 heterocycles. The molecule has 0 unspecified atom stereocenters. The van der Waals surface area contributed by atoms with Gasteiger partial charge in [0, 0.05) is 59.7 Å². The summed E-state index contributed by atoms with van der Waals surface area (Å²) < 4.78 is 25.0. The minimum Gasteiger partial charge on any atom is -0.381 e. The Morgan fingerprint density at radius 3 is 2.79 bits per heavy atom. The van der Waals surface area contributed by atoms with E-state index in [9.17, 15) is 4.39 Å². The second-order valence-corrected chi connectivity index (χ2v) is 7.40. The van der Waals surface area contributed by atoms with Crippen molar-refractivity contribution in [1.29, 1.82) is 0 Å².